The molecule has 0 bridgehead atoms. The first-order chi connectivity index (χ1) is 7.77. The van der Waals surface area contributed by atoms with Crippen LogP contribution in [-0.4, -0.2) is 22.6 Å². The molecule has 1 aliphatic heterocycles. The normalized spacial score (nSPS) is 22.3. The third-order valence-electron chi connectivity index (χ3n) is 3.49. The molecule has 0 aliphatic carbocycles. The van der Waals surface area contributed by atoms with Crippen molar-refractivity contribution in [1.82, 2.24) is 14.9 Å². The number of rotatable bonds is 3. The summed E-state index contributed by atoms with van der Waals surface area (Å²) >= 11 is 0. The Labute approximate surface area is 98.3 Å². The van der Waals surface area contributed by atoms with E-state index in [0.29, 0.717) is 5.92 Å². The van der Waals surface area contributed by atoms with Gasteiger partial charge < -0.3 is 9.88 Å². The number of hydrogen-bond acceptors (Lipinski definition) is 2. The van der Waals surface area contributed by atoms with Crippen LogP contribution >= 0.6 is 0 Å². The molecule has 3 heteroatoms. The molecule has 1 unspecified atom stereocenters. The van der Waals surface area contributed by atoms with E-state index in [1.165, 1.54) is 38.0 Å². The van der Waals surface area contributed by atoms with Crippen LogP contribution in [-0.2, 0) is 6.54 Å². The molecule has 90 valence electrons. The van der Waals surface area contributed by atoms with Gasteiger partial charge >= 0.3 is 0 Å². The Bertz CT molecular complexity index is 309. The van der Waals surface area contributed by atoms with E-state index in [4.69, 9.17) is 0 Å². The smallest absolute Gasteiger partial charge is 0.0948 e. The van der Waals surface area contributed by atoms with Crippen LogP contribution in [0.3, 0.4) is 0 Å². The highest BCUT2D eigenvalue weighted by molar-refractivity contribution is 5.03. The van der Waals surface area contributed by atoms with Gasteiger partial charge in [0, 0.05) is 18.4 Å². The summed E-state index contributed by atoms with van der Waals surface area (Å²) in [4.78, 5) is 4.28. The largest absolute Gasteiger partial charge is 0.334 e. The number of imidazole rings is 1. The van der Waals surface area contributed by atoms with E-state index < -0.39 is 0 Å². The van der Waals surface area contributed by atoms with Gasteiger partial charge in [-0.1, -0.05) is 13.8 Å². The van der Waals surface area contributed by atoms with Crippen molar-refractivity contribution in [3.05, 3.63) is 18.2 Å². The second kappa shape index (κ2) is 5.48. The molecule has 0 radical (unpaired) electrons. The Morgan fingerprint density at radius 1 is 1.44 bits per heavy atom. The van der Waals surface area contributed by atoms with Gasteiger partial charge in [0.05, 0.1) is 6.33 Å². The Hall–Kier alpha value is -0.830. The van der Waals surface area contributed by atoms with Crippen molar-refractivity contribution < 1.29 is 0 Å². The maximum atomic E-state index is 4.28. The van der Waals surface area contributed by atoms with Crippen LogP contribution in [0.5, 0.6) is 0 Å². The first kappa shape index (κ1) is 11.6. The van der Waals surface area contributed by atoms with Crippen molar-refractivity contribution in [3.63, 3.8) is 0 Å². The maximum absolute atomic E-state index is 4.28. The van der Waals surface area contributed by atoms with Crippen molar-refractivity contribution in [1.29, 1.82) is 0 Å². The molecular formula is C13H23N3. The monoisotopic (exact) mass is 221 g/mol. The topological polar surface area (TPSA) is 29.9 Å². The van der Waals surface area contributed by atoms with E-state index in [-0.39, 0.29) is 0 Å². The van der Waals surface area contributed by atoms with Gasteiger partial charge in [-0.3, -0.25) is 0 Å². The van der Waals surface area contributed by atoms with Crippen LogP contribution in [0.25, 0.3) is 0 Å². The van der Waals surface area contributed by atoms with Crippen LogP contribution in [0.1, 0.15) is 44.7 Å². The predicted octanol–water partition coefficient (Wildman–Crippen LogP) is 2.40. The van der Waals surface area contributed by atoms with Crippen LogP contribution in [0.15, 0.2) is 12.5 Å². The zero-order valence-corrected chi connectivity index (χ0v) is 10.4. The summed E-state index contributed by atoms with van der Waals surface area (Å²) in [6.07, 6.45) is 7.97. The van der Waals surface area contributed by atoms with Crippen LogP contribution in [0.4, 0.5) is 0 Å². The summed E-state index contributed by atoms with van der Waals surface area (Å²) in [6, 6.07) is 0. The molecule has 2 heterocycles. The van der Waals surface area contributed by atoms with Gasteiger partial charge in [0.1, 0.15) is 0 Å². The molecule has 3 nitrogen and oxygen atoms in total. The Morgan fingerprint density at radius 3 is 3.12 bits per heavy atom. The highest BCUT2D eigenvalue weighted by Crippen LogP contribution is 2.20. The Morgan fingerprint density at radius 2 is 2.31 bits per heavy atom. The molecule has 1 atom stereocenters. The van der Waals surface area contributed by atoms with Gasteiger partial charge in [0.25, 0.3) is 0 Å². The zero-order valence-electron chi connectivity index (χ0n) is 10.4. The average Bonchev–Trinajstić information content (AvgIpc) is 2.55. The van der Waals surface area contributed by atoms with Gasteiger partial charge in [0.2, 0.25) is 0 Å². The first-order valence-corrected chi connectivity index (χ1v) is 6.48. The molecule has 1 N–H and O–H groups in total. The average molecular weight is 221 g/mol. The molecule has 0 amide bonds. The SMILES string of the molecule is CC(C)c1cncn1CC1CCCNCC1. The minimum absolute atomic E-state index is 0.575. The van der Waals surface area contributed by atoms with Crippen molar-refractivity contribution in [2.24, 2.45) is 5.92 Å². The summed E-state index contributed by atoms with van der Waals surface area (Å²) in [6.45, 7) is 7.99. The fraction of sp³-hybridized carbons (Fsp3) is 0.769. The summed E-state index contributed by atoms with van der Waals surface area (Å²) in [5, 5.41) is 3.47. The lowest BCUT2D eigenvalue weighted by atomic mass is 10.0. The van der Waals surface area contributed by atoms with E-state index in [0.717, 1.165) is 12.5 Å². The molecule has 1 aromatic rings. The van der Waals surface area contributed by atoms with E-state index in [1.54, 1.807) is 0 Å². The number of hydrogen-bond donors (Lipinski definition) is 1. The van der Waals surface area contributed by atoms with E-state index >= 15 is 0 Å². The minimum atomic E-state index is 0.575. The standard InChI is InChI=1S/C13H23N3/c1-11(2)13-8-15-10-16(13)9-12-4-3-6-14-7-5-12/h8,10-12,14H,3-7,9H2,1-2H3. The lowest BCUT2D eigenvalue weighted by molar-refractivity contribution is 0.396. The summed E-state index contributed by atoms with van der Waals surface area (Å²) in [7, 11) is 0. The maximum Gasteiger partial charge on any atom is 0.0948 e. The lowest BCUT2D eigenvalue weighted by Gasteiger charge is -2.17. The van der Waals surface area contributed by atoms with Gasteiger partial charge in [-0.05, 0) is 44.2 Å². The third-order valence-corrected chi connectivity index (χ3v) is 3.49. The molecular weight excluding hydrogens is 198 g/mol. The fourth-order valence-electron chi connectivity index (χ4n) is 2.52. The third kappa shape index (κ3) is 2.85. The molecule has 1 fully saturated rings. The molecule has 2 rings (SSSR count). The van der Waals surface area contributed by atoms with E-state index in [2.05, 4.69) is 28.7 Å². The quantitative estimate of drug-likeness (QED) is 0.849. The molecule has 1 saturated heterocycles. The molecule has 16 heavy (non-hydrogen) atoms. The van der Waals surface area contributed by atoms with Crippen LogP contribution < -0.4 is 5.32 Å². The van der Waals surface area contributed by atoms with Crippen molar-refractivity contribution >= 4 is 0 Å². The zero-order chi connectivity index (χ0) is 11.4. The van der Waals surface area contributed by atoms with E-state index in [9.17, 15) is 0 Å². The van der Waals surface area contributed by atoms with Gasteiger partial charge in [-0.25, -0.2) is 4.98 Å². The molecule has 0 saturated carbocycles. The van der Waals surface area contributed by atoms with Gasteiger partial charge in [0.15, 0.2) is 0 Å². The van der Waals surface area contributed by atoms with Crippen molar-refractivity contribution in [2.75, 3.05) is 13.1 Å². The van der Waals surface area contributed by atoms with E-state index in [1.807, 2.05) is 12.5 Å². The number of nitrogens with zero attached hydrogens (tertiary/aromatic N) is 2. The first-order valence-electron chi connectivity index (χ1n) is 6.48. The number of aromatic nitrogens is 2. The summed E-state index contributed by atoms with van der Waals surface area (Å²) < 4.78 is 2.35. The van der Waals surface area contributed by atoms with Crippen LogP contribution in [0, 0.1) is 5.92 Å². The van der Waals surface area contributed by atoms with Crippen molar-refractivity contribution in [3.8, 4) is 0 Å². The lowest BCUT2D eigenvalue weighted by Crippen LogP contribution is -2.16. The van der Waals surface area contributed by atoms with Gasteiger partial charge in [-0.15, -0.1) is 0 Å². The molecule has 1 aromatic heterocycles. The Balaban J connectivity index is 1.99. The van der Waals surface area contributed by atoms with Crippen LogP contribution in [0.2, 0.25) is 0 Å². The summed E-state index contributed by atoms with van der Waals surface area (Å²) in [5.41, 5.74) is 1.37. The molecule has 1 aliphatic rings. The van der Waals surface area contributed by atoms with Gasteiger partial charge in [-0.2, -0.15) is 0 Å². The highest BCUT2D eigenvalue weighted by atomic mass is 15.0. The Kier molecular flexibility index (Phi) is 3.99. The second-order valence-corrected chi connectivity index (χ2v) is 5.17. The summed E-state index contributed by atoms with van der Waals surface area (Å²) in [5.74, 6) is 1.40. The van der Waals surface area contributed by atoms with Crippen molar-refractivity contribution in [2.45, 2.75) is 45.6 Å². The number of nitrogens with one attached hydrogen (secondary N) is 1. The minimum Gasteiger partial charge on any atom is -0.334 e. The second-order valence-electron chi connectivity index (χ2n) is 5.17. The molecule has 0 spiro atoms. The highest BCUT2D eigenvalue weighted by Gasteiger charge is 2.14. The predicted molar refractivity (Wildman–Crippen MR) is 66.5 cm³/mol. The fourth-order valence-corrected chi connectivity index (χ4v) is 2.52. The molecule has 0 aromatic carbocycles.